The van der Waals surface area contributed by atoms with Gasteiger partial charge in [-0.3, -0.25) is 4.79 Å². The third kappa shape index (κ3) is 4.15. The number of benzene rings is 1. The second kappa shape index (κ2) is 5.77. The molecule has 0 radical (unpaired) electrons. The van der Waals surface area contributed by atoms with E-state index in [-0.39, 0.29) is 11.7 Å². The van der Waals surface area contributed by atoms with Crippen LogP contribution in [0, 0.1) is 11.2 Å². The molecular formula is C13H19FN2O. The van der Waals surface area contributed by atoms with Gasteiger partial charge in [0.2, 0.25) is 5.91 Å². The highest BCUT2D eigenvalue weighted by Gasteiger charge is 2.25. The molecule has 0 aliphatic heterocycles. The van der Waals surface area contributed by atoms with Crippen molar-refractivity contribution in [3.63, 3.8) is 0 Å². The molecule has 0 bridgehead atoms. The molecular weight excluding hydrogens is 219 g/mol. The van der Waals surface area contributed by atoms with Gasteiger partial charge >= 0.3 is 0 Å². The molecule has 3 N–H and O–H groups in total. The van der Waals surface area contributed by atoms with Crippen LogP contribution in [0.1, 0.15) is 25.8 Å². The Morgan fingerprint density at radius 2 is 1.94 bits per heavy atom. The summed E-state index contributed by atoms with van der Waals surface area (Å²) in [5.41, 5.74) is 5.87. The van der Waals surface area contributed by atoms with Crippen molar-refractivity contribution in [3.8, 4) is 0 Å². The third-order valence-electron chi connectivity index (χ3n) is 2.75. The van der Waals surface area contributed by atoms with Crippen LogP contribution in [0.5, 0.6) is 0 Å². The molecule has 0 heterocycles. The first-order chi connectivity index (χ1) is 7.95. The fourth-order valence-electron chi connectivity index (χ4n) is 1.50. The second-order valence-corrected chi connectivity index (χ2v) is 4.73. The van der Waals surface area contributed by atoms with Gasteiger partial charge in [-0.15, -0.1) is 0 Å². The predicted molar refractivity (Wildman–Crippen MR) is 65.7 cm³/mol. The molecule has 0 unspecified atom stereocenters. The number of rotatable bonds is 5. The largest absolute Gasteiger partial charge is 0.352 e. The molecule has 3 nitrogen and oxygen atoms in total. The third-order valence-corrected chi connectivity index (χ3v) is 2.75. The summed E-state index contributed by atoms with van der Waals surface area (Å²) in [4.78, 5) is 11.9. The summed E-state index contributed by atoms with van der Waals surface area (Å²) in [7, 11) is 0. The lowest BCUT2D eigenvalue weighted by Crippen LogP contribution is -2.37. The lowest BCUT2D eigenvalue weighted by Gasteiger charge is -2.22. The number of hydrogen-bond acceptors (Lipinski definition) is 2. The lowest BCUT2D eigenvalue weighted by atomic mass is 9.88. The lowest BCUT2D eigenvalue weighted by molar-refractivity contribution is -0.129. The predicted octanol–water partition coefficient (Wildman–Crippen LogP) is 1.82. The molecule has 1 aromatic carbocycles. The van der Waals surface area contributed by atoms with Crippen molar-refractivity contribution in [2.45, 2.75) is 26.8 Å². The quantitative estimate of drug-likeness (QED) is 0.822. The zero-order valence-corrected chi connectivity index (χ0v) is 10.3. The first-order valence-corrected chi connectivity index (χ1v) is 5.68. The highest BCUT2D eigenvalue weighted by Crippen LogP contribution is 2.19. The van der Waals surface area contributed by atoms with Crippen molar-refractivity contribution in [1.82, 2.24) is 5.32 Å². The SMILES string of the molecule is CC(C)(CCN)C(=O)NCc1ccc(F)cc1. The summed E-state index contributed by atoms with van der Waals surface area (Å²) >= 11 is 0. The van der Waals surface area contributed by atoms with Crippen LogP contribution in [0.4, 0.5) is 4.39 Å². The monoisotopic (exact) mass is 238 g/mol. The summed E-state index contributed by atoms with van der Waals surface area (Å²) < 4.78 is 12.7. The van der Waals surface area contributed by atoms with Crippen molar-refractivity contribution in [2.24, 2.45) is 11.1 Å². The molecule has 17 heavy (non-hydrogen) atoms. The van der Waals surface area contributed by atoms with Crippen LogP contribution in [0.2, 0.25) is 0 Å². The van der Waals surface area contributed by atoms with E-state index in [9.17, 15) is 9.18 Å². The molecule has 0 spiro atoms. The number of nitrogens with one attached hydrogen (secondary N) is 1. The van der Waals surface area contributed by atoms with E-state index in [0.717, 1.165) is 5.56 Å². The van der Waals surface area contributed by atoms with Gasteiger partial charge in [0.1, 0.15) is 5.82 Å². The number of halogens is 1. The zero-order chi connectivity index (χ0) is 12.9. The molecule has 1 aromatic rings. The molecule has 0 fully saturated rings. The van der Waals surface area contributed by atoms with E-state index < -0.39 is 5.41 Å². The first-order valence-electron chi connectivity index (χ1n) is 5.68. The Balaban J connectivity index is 2.50. The Morgan fingerprint density at radius 3 is 2.47 bits per heavy atom. The maximum atomic E-state index is 12.7. The average molecular weight is 238 g/mol. The maximum Gasteiger partial charge on any atom is 0.225 e. The molecule has 0 saturated carbocycles. The molecule has 0 aliphatic rings. The smallest absolute Gasteiger partial charge is 0.225 e. The zero-order valence-electron chi connectivity index (χ0n) is 10.3. The van der Waals surface area contributed by atoms with Gasteiger partial charge in [0.15, 0.2) is 0 Å². The number of nitrogens with two attached hydrogens (primary N) is 1. The Kier molecular flexibility index (Phi) is 4.63. The summed E-state index contributed by atoms with van der Waals surface area (Å²) in [5.74, 6) is -0.309. The van der Waals surface area contributed by atoms with Gasteiger partial charge in [0.25, 0.3) is 0 Å². The average Bonchev–Trinajstić information content (AvgIpc) is 2.27. The van der Waals surface area contributed by atoms with Gasteiger partial charge in [0, 0.05) is 12.0 Å². The van der Waals surface area contributed by atoms with Crippen molar-refractivity contribution in [1.29, 1.82) is 0 Å². The normalized spacial score (nSPS) is 11.3. The van der Waals surface area contributed by atoms with Crippen LogP contribution >= 0.6 is 0 Å². The van der Waals surface area contributed by atoms with Crippen molar-refractivity contribution in [3.05, 3.63) is 35.6 Å². The van der Waals surface area contributed by atoms with E-state index in [1.165, 1.54) is 12.1 Å². The number of carbonyl (C=O) groups excluding carboxylic acids is 1. The second-order valence-electron chi connectivity index (χ2n) is 4.73. The van der Waals surface area contributed by atoms with Crippen LogP contribution in [0.25, 0.3) is 0 Å². The van der Waals surface area contributed by atoms with Crippen molar-refractivity contribution < 1.29 is 9.18 Å². The van der Waals surface area contributed by atoms with Crippen LogP contribution in [-0.4, -0.2) is 12.5 Å². The van der Waals surface area contributed by atoms with E-state index in [0.29, 0.717) is 19.5 Å². The van der Waals surface area contributed by atoms with E-state index in [1.807, 2.05) is 13.8 Å². The number of carbonyl (C=O) groups is 1. The standard InChI is InChI=1S/C13H19FN2O/c1-13(2,7-8-15)12(17)16-9-10-3-5-11(14)6-4-10/h3-6H,7-9,15H2,1-2H3,(H,16,17). The van der Waals surface area contributed by atoms with Crippen molar-refractivity contribution in [2.75, 3.05) is 6.54 Å². The van der Waals surface area contributed by atoms with Gasteiger partial charge < -0.3 is 11.1 Å². The molecule has 94 valence electrons. The van der Waals surface area contributed by atoms with E-state index in [2.05, 4.69) is 5.32 Å². The fourth-order valence-corrected chi connectivity index (χ4v) is 1.50. The molecule has 1 amide bonds. The number of amides is 1. The van der Waals surface area contributed by atoms with Crippen LogP contribution in [0.15, 0.2) is 24.3 Å². The molecule has 1 rings (SSSR count). The minimum absolute atomic E-state index is 0.0349. The minimum Gasteiger partial charge on any atom is -0.352 e. The highest BCUT2D eigenvalue weighted by molar-refractivity contribution is 5.81. The topological polar surface area (TPSA) is 55.1 Å². The summed E-state index contributed by atoms with van der Waals surface area (Å²) in [6, 6.07) is 6.08. The van der Waals surface area contributed by atoms with E-state index >= 15 is 0 Å². The number of hydrogen-bond donors (Lipinski definition) is 2. The summed E-state index contributed by atoms with van der Waals surface area (Å²) in [5, 5.41) is 2.83. The molecule has 4 heteroatoms. The van der Waals surface area contributed by atoms with Crippen molar-refractivity contribution >= 4 is 5.91 Å². The van der Waals surface area contributed by atoms with E-state index in [1.54, 1.807) is 12.1 Å². The fraction of sp³-hybridized carbons (Fsp3) is 0.462. The van der Waals surface area contributed by atoms with Gasteiger partial charge in [-0.1, -0.05) is 26.0 Å². The first kappa shape index (κ1) is 13.6. The van der Waals surface area contributed by atoms with E-state index in [4.69, 9.17) is 5.73 Å². The van der Waals surface area contributed by atoms with Gasteiger partial charge in [0.05, 0.1) is 0 Å². The maximum absolute atomic E-state index is 12.7. The van der Waals surface area contributed by atoms with Crippen LogP contribution in [0.3, 0.4) is 0 Å². The van der Waals surface area contributed by atoms with Crippen LogP contribution < -0.4 is 11.1 Å². The molecule has 0 aliphatic carbocycles. The Labute approximate surface area is 101 Å². The van der Waals surface area contributed by atoms with Gasteiger partial charge in [-0.05, 0) is 30.7 Å². The molecule has 0 aromatic heterocycles. The van der Waals surface area contributed by atoms with Gasteiger partial charge in [-0.2, -0.15) is 0 Å². The molecule has 0 saturated heterocycles. The highest BCUT2D eigenvalue weighted by atomic mass is 19.1. The Morgan fingerprint density at radius 1 is 1.35 bits per heavy atom. The molecule has 0 atom stereocenters. The van der Waals surface area contributed by atoms with Gasteiger partial charge in [-0.25, -0.2) is 4.39 Å². The summed E-state index contributed by atoms with van der Waals surface area (Å²) in [6.07, 6.45) is 0.641. The Bertz CT molecular complexity index is 374. The summed E-state index contributed by atoms with van der Waals surface area (Å²) in [6.45, 7) is 4.61. The minimum atomic E-state index is -0.464. The Hall–Kier alpha value is -1.42. The van der Waals surface area contributed by atoms with Crippen LogP contribution in [-0.2, 0) is 11.3 Å².